The number of nitrogens with two attached hydrogens (primary N) is 1. The first-order chi connectivity index (χ1) is 11.9. The molecule has 25 heavy (non-hydrogen) atoms. The van der Waals surface area contributed by atoms with Crippen molar-refractivity contribution in [3.05, 3.63) is 17.3 Å². The molecule has 1 aromatic heterocycles. The first-order valence-electron chi connectivity index (χ1n) is 8.10. The van der Waals surface area contributed by atoms with E-state index < -0.39 is 20.4 Å². The van der Waals surface area contributed by atoms with Gasteiger partial charge in [-0.15, -0.1) is 10.2 Å². The summed E-state index contributed by atoms with van der Waals surface area (Å²) in [6.45, 7) is 2.96. The third-order valence-electron chi connectivity index (χ3n) is 4.96. The maximum atomic E-state index is 13.5. The summed E-state index contributed by atoms with van der Waals surface area (Å²) in [5.41, 5.74) is 5.65. The summed E-state index contributed by atoms with van der Waals surface area (Å²) in [7, 11) is -2.86. The van der Waals surface area contributed by atoms with Gasteiger partial charge < -0.3 is 15.4 Å². The normalized spacial score (nSPS) is 23.8. The molecular formula is C15H22ClN5O3S. The first-order valence-corrected chi connectivity index (χ1v) is 10.2. The topological polar surface area (TPSA) is 102 Å². The van der Waals surface area contributed by atoms with Crippen molar-refractivity contribution in [2.24, 2.45) is 5.73 Å². The molecule has 138 valence electrons. The van der Waals surface area contributed by atoms with E-state index in [0.717, 1.165) is 5.82 Å². The average Bonchev–Trinajstić information content (AvgIpc) is 2.63. The van der Waals surface area contributed by atoms with E-state index in [2.05, 4.69) is 16.1 Å². The SMILES string of the molecule is C=S(=O)(N1CCN(c2ccc(Cl)nn2)CC1)C1(C(N)=O)CCOCC1. The van der Waals surface area contributed by atoms with Gasteiger partial charge in [-0.3, -0.25) is 9.00 Å². The van der Waals surface area contributed by atoms with Gasteiger partial charge in [0.1, 0.15) is 4.75 Å². The Labute approximate surface area is 152 Å². The molecule has 0 radical (unpaired) electrons. The summed E-state index contributed by atoms with van der Waals surface area (Å²) >= 11 is 5.76. The first kappa shape index (κ1) is 18.4. The Morgan fingerprint density at radius 3 is 2.40 bits per heavy atom. The molecule has 0 bridgehead atoms. The lowest BCUT2D eigenvalue weighted by Gasteiger charge is -2.44. The van der Waals surface area contributed by atoms with E-state index in [4.69, 9.17) is 22.1 Å². The summed E-state index contributed by atoms with van der Waals surface area (Å²) in [6.07, 6.45) is 0.682. The Kier molecular flexibility index (Phi) is 5.19. The Hall–Kier alpha value is -1.42. The quantitative estimate of drug-likeness (QED) is 0.725. The lowest BCUT2D eigenvalue weighted by Crippen LogP contribution is -2.61. The molecule has 2 aliphatic rings. The number of carbonyl (C=O) groups excluding carboxylic acids is 1. The van der Waals surface area contributed by atoms with Gasteiger partial charge in [0.25, 0.3) is 0 Å². The summed E-state index contributed by atoms with van der Waals surface area (Å²) in [4.78, 5) is 14.2. The zero-order chi connectivity index (χ0) is 18.1. The zero-order valence-corrected chi connectivity index (χ0v) is 15.5. The fraction of sp³-hybridized carbons (Fsp3) is 0.600. The van der Waals surface area contributed by atoms with Crippen LogP contribution < -0.4 is 10.6 Å². The van der Waals surface area contributed by atoms with Crippen LogP contribution in [0.2, 0.25) is 5.15 Å². The lowest BCUT2D eigenvalue weighted by molar-refractivity contribution is -0.122. The molecule has 2 aliphatic heterocycles. The van der Waals surface area contributed by atoms with Crippen molar-refractivity contribution in [3.63, 3.8) is 0 Å². The van der Waals surface area contributed by atoms with Crippen LogP contribution in [0.25, 0.3) is 0 Å². The maximum absolute atomic E-state index is 13.5. The number of anilines is 1. The number of hydrogen-bond acceptors (Lipinski definition) is 6. The minimum Gasteiger partial charge on any atom is -0.381 e. The van der Waals surface area contributed by atoms with Gasteiger partial charge in [0.2, 0.25) is 5.91 Å². The van der Waals surface area contributed by atoms with Crippen molar-refractivity contribution in [2.75, 3.05) is 44.3 Å². The smallest absolute Gasteiger partial charge is 0.237 e. The van der Waals surface area contributed by atoms with Crippen molar-refractivity contribution in [1.82, 2.24) is 14.5 Å². The van der Waals surface area contributed by atoms with E-state index >= 15 is 0 Å². The molecule has 1 amide bonds. The number of primary amides is 1. The van der Waals surface area contributed by atoms with Crippen LogP contribution in [-0.2, 0) is 19.2 Å². The number of rotatable bonds is 4. The fourth-order valence-electron chi connectivity index (χ4n) is 3.36. The number of piperazine rings is 1. The van der Waals surface area contributed by atoms with Crippen molar-refractivity contribution in [3.8, 4) is 0 Å². The molecule has 8 nitrogen and oxygen atoms in total. The Morgan fingerprint density at radius 2 is 1.88 bits per heavy atom. The average molecular weight is 388 g/mol. The van der Waals surface area contributed by atoms with Gasteiger partial charge in [-0.2, -0.15) is 0 Å². The third kappa shape index (κ3) is 3.33. The molecule has 2 saturated heterocycles. The van der Waals surface area contributed by atoms with Crippen LogP contribution in [0.4, 0.5) is 5.82 Å². The summed E-state index contributed by atoms with van der Waals surface area (Å²) < 4.78 is 19.5. The van der Waals surface area contributed by atoms with E-state index in [0.29, 0.717) is 57.4 Å². The Morgan fingerprint density at radius 1 is 1.24 bits per heavy atom. The molecule has 10 heteroatoms. The second-order valence-corrected chi connectivity index (χ2v) is 9.21. The largest absolute Gasteiger partial charge is 0.381 e. The monoisotopic (exact) mass is 387 g/mol. The highest BCUT2D eigenvalue weighted by Gasteiger charge is 2.49. The van der Waals surface area contributed by atoms with Crippen molar-refractivity contribution in [1.29, 1.82) is 0 Å². The molecule has 0 aromatic carbocycles. The van der Waals surface area contributed by atoms with Crippen LogP contribution in [0, 0.1) is 0 Å². The molecule has 1 unspecified atom stereocenters. The van der Waals surface area contributed by atoms with Crippen molar-refractivity contribution < 1.29 is 13.7 Å². The fourth-order valence-corrected chi connectivity index (χ4v) is 5.83. The molecule has 0 saturated carbocycles. The number of carbonyl (C=O) groups is 1. The molecule has 2 fully saturated rings. The van der Waals surface area contributed by atoms with E-state index in [-0.39, 0.29) is 0 Å². The lowest BCUT2D eigenvalue weighted by atomic mass is 9.98. The minimum absolute atomic E-state index is 0.339. The van der Waals surface area contributed by atoms with Gasteiger partial charge in [0.05, 0.1) is 0 Å². The maximum Gasteiger partial charge on any atom is 0.237 e. The second-order valence-electron chi connectivity index (χ2n) is 6.24. The van der Waals surface area contributed by atoms with E-state index in [9.17, 15) is 9.00 Å². The highest BCUT2D eigenvalue weighted by atomic mass is 35.5. The van der Waals surface area contributed by atoms with E-state index in [1.807, 2.05) is 4.90 Å². The van der Waals surface area contributed by atoms with Gasteiger partial charge in [-0.05, 0) is 30.8 Å². The number of amides is 1. The summed E-state index contributed by atoms with van der Waals surface area (Å²) in [5.74, 6) is 4.12. The molecular weight excluding hydrogens is 366 g/mol. The van der Waals surface area contributed by atoms with Crippen molar-refractivity contribution in [2.45, 2.75) is 17.6 Å². The van der Waals surface area contributed by atoms with Gasteiger partial charge in [-0.25, -0.2) is 4.31 Å². The van der Waals surface area contributed by atoms with Gasteiger partial charge >= 0.3 is 0 Å². The Bertz CT molecular complexity index is 726. The number of aromatic nitrogens is 2. The van der Waals surface area contributed by atoms with Crippen molar-refractivity contribution >= 4 is 38.9 Å². The second kappa shape index (κ2) is 7.06. The molecule has 3 rings (SSSR count). The van der Waals surface area contributed by atoms with Crippen LogP contribution in [0.3, 0.4) is 0 Å². The molecule has 0 spiro atoms. The van der Waals surface area contributed by atoms with Gasteiger partial charge in [0, 0.05) is 49.1 Å². The number of ether oxygens (including phenoxy) is 1. The van der Waals surface area contributed by atoms with Crippen LogP contribution in [0.5, 0.6) is 0 Å². The highest BCUT2D eigenvalue weighted by Crippen LogP contribution is 2.33. The summed E-state index contributed by atoms with van der Waals surface area (Å²) in [6, 6.07) is 3.49. The molecule has 3 heterocycles. The Balaban J connectivity index is 1.74. The zero-order valence-electron chi connectivity index (χ0n) is 13.9. The van der Waals surface area contributed by atoms with Crippen LogP contribution in [0.1, 0.15) is 12.8 Å². The third-order valence-corrected chi connectivity index (χ3v) is 8.19. The number of hydrogen-bond donors (Lipinski definition) is 1. The highest BCUT2D eigenvalue weighted by molar-refractivity contribution is 8.00. The predicted molar refractivity (Wildman–Crippen MR) is 98.1 cm³/mol. The number of nitrogens with zero attached hydrogens (tertiary/aromatic N) is 4. The molecule has 1 aromatic rings. The van der Waals surface area contributed by atoms with Crippen LogP contribution >= 0.6 is 11.6 Å². The molecule has 0 aliphatic carbocycles. The van der Waals surface area contributed by atoms with Gasteiger partial charge in [0.15, 0.2) is 11.0 Å². The minimum atomic E-state index is -2.86. The predicted octanol–water partition coefficient (Wildman–Crippen LogP) is -0.0821. The number of halogens is 1. The molecule has 2 N–H and O–H groups in total. The van der Waals surface area contributed by atoms with E-state index in [1.165, 1.54) is 0 Å². The standard InChI is InChI=1S/C15H22ClN5O3S/c1-25(23,15(14(17)22)4-10-24-11-5-15)21-8-6-20(7-9-21)13-3-2-12(16)18-19-13/h2-3H,1,4-11H2,(H2,17,22). The van der Waals surface area contributed by atoms with Gasteiger partial charge in [-0.1, -0.05) is 11.6 Å². The summed E-state index contributed by atoms with van der Waals surface area (Å²) in [5, 5.41) is 8.25. The van der Waals surface area contributed by atoms with Crippen LogP contribution in [-0.4, -0.2) is 74.6 Å². The van der Waals surface area contributed by atoms with E-state index in [1.54, 1.807) is 16.4 Å². The van der Waals surface area contributed by atoms with Crippen LogP contribution in [0.15, 0.2) is 12.1 Å². The molecule has 1 atom stereocenters.